The lowest BCUT2D eigenvalue weighted by Crippen LogP contribution is -2.26. The third-order valence-electron chi connectivity index (χ3n) is 3.54. The van der Waals surface area contributed by atoms with E-state index in [0.29, 0.717) is 22.9 Å². The first-order chi connectivity index (χ1) is 8.65. The summed E-state index contributed by atoms with van der Waals surface area (Å²) in [7, 11) is 0. The van der Waals surface area contributed by atoms with Crippen LogP contribution in [0.3, 0.4) is 0 Å². The number of benzene rings is 1. The molecule has 1 nitrogen and oxygen atoms in total. The predicted molar refractivity (Wildman–Crippen MR) is 74.7 cm³/mol. The van der Waals surface area contributed by atoms with Crippen molar-refractivity contribution in [3.63, 3.8) is 0 Å². The molecule has 0 spiro atoms. The summed E-state index contributed by atoms with van der Waals surface area (Å²) in [5, 5.41) is 4.26. The Balaban J connectivity index is 1.75. The number of halogens is 3. The van der Waals surface area contributed by atoms with Crippen LogP contribution in [0.25, 0.3) is 0 Å². The van der Waals surface area contributed by atoms with Gasteiger partial charge in [-0.3, -0.25) is 0 Å². The maximum atomic E-state index is 12.9. The molecule has 0 unspecified atom stereocenters. The van der Waals surface area contributed by atoms with Crippen LogP contribution >= 0.6 is 23.2 Å². The number of alkyl halides is 1. The van der Waals surface area contributed by atoms with Crippen molar-refractivity contribution in [2.75, 3.05) is 6.54 Å². The first-order valence-electron chi connectivity index (χ1n) is 6.44. The van der Waals surface area contributed by atoms with Crippen molar-refractivity contribution < 1.29 is 4.39 Å². The van der Waals surface area contributed by atoms with Crippen LogP contribution in [-0.4, -0.2) is 11.9 Å². The molecular weight excluding hydrogens is 272 g/mol. The summed E-state index contributed by atoms with van der Waals surface area (Å²) in [4.78, 5) is 0. The molecule has 1 saturated carbocycles. The number of nitrogens with one attached hydrogen (secondary N) is 1. The van der Waals surface area contributed by atoms with Gasteiger partial charge in [0.1, 0.15) is 5.82 Å². The van der Waals surface area contributed by atoms with Gasteiger partial charge in [0, 0.05) is 16.9 Å². The van der Waals surface area contributed by atoms with Gasteiger partial charge in [-0.25, -0.2) is 4.39 Å². The summed E-state index contributed by atoms with van der Waals surface area (Å²) in [6.45, 7) is 1.68. The molecule has 0 aromatic heterocycles. The zero-order valence-corrected chi connectivity index (χ0v) is 11.8. The lowest BCUT2D eigenvalue weighted by Gasteiger charge is -2.25. The van der Waals surface area contributed by atoms with Crippen molar-refractivity contribution >= 4 is 23.2 Å². The first-order valence-corrected chi connectivity index (χ1v) is 7.25. The molecule has 100 valence electrons. The molecule has 0 radical (unpaired) electrons. The molecular formula is C14H18Cl2FN. The van der Waals surface area contributed by atoms with Crippen molar-refractivity contribution in [1.29, 1.82) is 0 Å². The quantitative estimate of drug-likeness (QED) is 0.812. The summed E-state index contributed by atoms with van der Waals surface area (Å²) in [5.74, 6) is 0.420. The van der Waals surface area contributed by atoms with E-state index in [1.165, 1.54) is 25.0 Å². The van der Waals surface area contributed by atoms with Gasteiger partial charge in [0.05, 0.1) is 0 Å². The van der Waals surface area contributed by atoms with Crippen LogP contribution in [0, 0.1) is 11.7 Å². The fraction of sp³-hybridized carbons (Fsp3) is 0.571. The highest BCUT2D eigenvalue weighted by atomic mass is 35.5. The molecule has 18 heavy (non-hydrogen) atoms. The molecule has 0 atom stereocenters. The van der Waals surface area contributed by atoms with Gasteiger partial charge in [0.2, 0.25) is 0 Å². The minimum Gasteiger partial charge on any atom is -0.312 e. The van der Waals surface area contributed by atoms with Gasteiger partial charge < -0.3 is 5.32 Å². The average Bonchev–Trinajstić information content (AvgIpc) is 2.34. The molecule has 4 heteroatoms. The standard InChI is InChI=1S/C14H18Cl2FN/c15-12-4-1-10(2-5-12)8-18-9-11-3-6-13(17)7-14(11)16/h3,6-7,10,12,18H,1-2,4-5,8-9H2. The highest BCUT2D eigenvalue weighted by Crippen LogP contribution is 2.27. The van der Waals surface area contributed by atoms with Crippen LogP contribution in [0.15, 0.2) is 18.2 Å². The van der Waals surface area contributed by atoms with E-state index in [-0.39, 0.29) is 5.82 Å². The molecule has 0 heterocycles. The van der Waals surface area contributed by atoms with Crippen molar-refractivity contribution in [2.45, 2.75) is 37.6 Å². The Bertz CT molecular complexity index is 389. The Morgan fingerprint density at radius 2 is 1.94 bits per heavy atom. The van der Waals surface area contributed by atoms with Crippen LogP contribution < -0.4 is 5.32 Å². The Morgan fingerprint density at radius 1 is 1.22 bits per heavy atom. The zero-order chi connectivity index (χ0) is 13.0. The summed E-state index contributed by atoms with van der Waals surface area (Å²) in [6.07, 6.45) is 4.62. The topological polar surface area (TPSA) is 12.0 Å². The van der Waals surface area contributed by atoms with Gasteiger partial charge in [-0.2, -0.15) is 0 Å². The van der Waals surface area contributed by atoms with Crippen molar-refractivity contribution in [3.05, 3.63) is 34.6 Å². The molecule has 0 bridgehead atoms. The van der Waals surface area contributed by atoms with Gasteiger partial charge in [-0.15, -0.1) is 11.6 Å². The molecule has 0 amide bonds. The second kappa shape index (κ2) is 6.74. The largest absolute Gasteiger partial charge is 0.312 e. The van der Waals surface area contributed by atoms with Crippen LogP contribution in [0.2, 0.25) is 5.02 Å². The fourth-order valence-electron chi connectivity index (χ4n) is 2.40. The predicted octanol–water partition coefficient (Wildman–Crippen LogP) is 4.37. The van der Waals surface area contributed by atoms with Crippen molar-refractivity contribution in [1.82, 2.24) is 5.32 Å². The Hall–Kier alpha value is -0.310. The molecule has 1 aliphatic rings. The van der Waals surface area contributed by atoms with Crippen LogP contribution in [0.5, 0.6) is 0 Å². The third kappa shape index (κ3) is 4.11. The maximum Gasteiger partial charge on any atom is 0.124 e. The van der Waals surface area contributed by atoms with Crippen LogP contribution in [0.4, 0.5) is 4.39 Å². The van der Waals surface area contributed by atoms with Gasteiger partial charge in [0.25, 0.3) is 0 Å². The SMILES string of the molecule is Fc1ccc(CNCC2CCC(Cl)CC2)c(Cl)c1. The summed E-state index contributed by atoms with van der Waals surface area (Å²) in [6, 6.07) is 4.54. The average molecular weight is 290 g/mol. The second-order valence-corrected chi connectivity index (χ2v) is 6.01. The van der Waals surface area contributed by atoms with Crippen molar-refractivity contribution in [2.24, 2.45) is 5.92 Å². The number of hydrogen-bond acceptors (Lipinski definition) is 1. The maximum absolute atomic E-state index is 12.9. The van der Waals surface area contributed by atoms with Gasteiger partial charge in [0.15, 0.2) is 0 Å². The normalized spacial score (nSPS) is 24.2. The minimum absolute atomic E-state index is 0.288. The number of hydrogen-bond donors (Lipinski definition) is 1. The van der Waals surface area contributed by atoms with E-state index in [9.17, 15) is 4.39 Å². The molecule has 0 aliphatic heterocycles. The molecule has 2 rings (SSSR count). The van der Waals surface area contributed by atoms with Crippen LogP contribution in [0.1, 0.15) is 31.2 Å². The summed E-state index contributed by atoms with van der Waals surface area (Å²) in [5.41, 5.74) is 0.948. The van der Waals surface area contributed by atoms with Gasteiger partial charge in [-0.1, -0.05) is 17.7 Å². The van der Waals surface area contributed by atoms with E-state index in [0.717, 1.165) is 24.9 Å². The van der Waals surface area contributed by atoms with Gasteiger partial charge >= 0.3 is 0 Å². The highest BCUT2D eigenvalue weighted by molar-refractivity contribution is 6.31. The molecule has 0 saturated heterocycles. The monoisotopic (exact) mass is 289 g/mol. The fourth-order valence-corrected chi connectivity index (χ4v) is 2.89. The van der Waals surface area contributed by atoms with E-state index >= 15 is 0 Å². The lowest BCUT2D eigenvalue weighted by atomic mass is 9.89. The summed E-state index contributed by atoms with van der Waals surface area (Å²) >= 11 is 12.0. The summed E-state index contributed by atoms with van der Waals surface area (Å²) < 4.78 is 12.9. The lowest BCUT2D eigenvalue weighted by molar-refractivity contribution is 0.345. The molecule has 1 aliphatic carbocycles. The Kier molecular flexibility index (Phi) is 5.28. The second-order valence-electron chi connectivity index (χ2n) is 4.98. The van der Waals surface area contributed by atoms with Gasteiger partial charge in [-0.05, 0) is 55.8 Å². The smallest absolute Gasteiger partial charge is 0.124 e. The zero-order valence-electron chi connectivity index (χ0n) is 10.3. The Labute approximate surface area is 118 Å². The first kappa shape index (κ1) is 14.1. The highest BCUT2D eigenvalue weighted by Gasteiger charge is 2.18. The number of rotatable bonds is 4. The third-order valence-corrected chi connectivity index (χ3v) is 4.33. The van der Waals surface area contributed by atoms with E-state index in [4.69, 9.17) is 23.2 Å². The van der Waals surface area contributed by atoms with E-state index < -0.39 is 0 Å². The molecule has 1 N–H and O–H groups in total. The van der Waals surface area contributed by atoms with Crippen LogP contribution in [-0.2, 0) is 6.54 Å². The molecule has 1 aromatic carbocycles. The molecule has 1 aromatic rings. The van der Waals surface area contributed by atoms with E-state index in [1.54, 1.807) is 6.07 Å². The minimum atomic E-state index is -0.288. The van der Waals surface area contributed by atoms with Crippen molar-refractivity contribution in [3.8, 4) is 0 Å². The Morgan fingerprint density at radius 3 is 2.61 bits per heavy atom. The van der Waals surface area contributed by atoms with E-state index in [2.05, 4.69) is 5.32 Å². The molecule has 1 fully saturated rings. The van der Waals surface area contributed by atoms with E-state index in [1.807, 2.05) is 0 Å².